The zero-order valence-electron chi connectivity index (χ0n) is 10.6. The zero-order valence-corrected chi connectivity index (χ0v) is 14.6. The second kappa shape index (κ2) is 5.71. The standard InChI is InChI=1S/C12H16Br2N2O2S/c1-8-4-2-3-5-16(8)19(17,18)9-6-10(13)12(15)11(14)7-9/h6-8H,2-5,15H2,1H3/t8-/m1/s1. The van der Waals surface area contributed by atoms with Gasteiger partial charge in [0.05, 0.1) is 10.6 Å². The van der Waals surface area contributed by atoms with E-state index < -0.39 is 10.0 Å². The largest absolute Gasteiger partial charge is 0.397 e. The average Bonchev–Trinajstić information content (AvgIpc) is 2.35. The Morgan fingerprint density at radius 3 is 2.37 bits per heavy atom. The van der Waals surface area contributed by atoms with Crippen LogP contribution in [0.5, 0.6) is 0 Å². The molecule has 0 radical (unpaired) electrons. The number of nitrogen functional groups attached to an aromatic ring is 1. The summed E-state index contributed by atoms with van der Waals surface area (Å²) >= 11 is 6.58. The van der Waals surface area contributed by atoms with Gasteiger partial charge < -0.3 is 5.73 Å². The SMILES string of the molecule is C[C@@H]1CCCCN1S(=O)(=O)c1cc(Br)c(N)c(Br)c1. The molecule has 1 aromatic rings. The van der Waals surface area contributed by atoms with Gasteiger partial charge in [-0.1, -0.05) is 6.42 Å². The molecular formula is C12H16Br2N2O2S. The monoisotopic (exact) mass is 410 g/mol. The van der Waals surface area contributed by atoms with Crippen LogP contribution in [0.3, 0.4) is 0 Å². The van der Waals surface area contributed by atoms with E-state index in [1.165, 1.54) is 0 Å². The third-order valence-electron chi connectivity index (χ3n) is 3.40. The summed E-state index contributed by atoms with van der Waals surface area (Å²) in [6.45, 7) is 2.54. The number of halogens is 2. The Bertz CT molecular complexity index is 566. The van der Waals surface area contributed by atoms with Gasteiger partial charge in [-0.15, -0.1) is 0 Å². The van der Waals surface area contributed by atoms with E-state index in [1.807, 2.05) is 6.92 Å². The second-order valence-electron chi connectivity index (χ2n) is 4.76. The quantitative estimate of drug-likeness (QED) is 0.758. The highest BCUT2D eigenvalue weighted by molar-refractivity contribution is 9.11. The topological polar surface area (TPSA) is 63.4 Å². The zero-order chi connectivity index (χ0) is 14.2. The van der Waals surface area contributed by atoms with E-state index in [4.69, 9.17) is 5.73 Å². The van der Waals surface area contributed by atoms with E-state index in [2.05, 4.69) is 31.9 Å². The number of rotatable bonds is 2. The van der Waals surface area contributed by atoms with E-state index in [9.17, 15) is 8.42 Å². The lowest BCUT2D eigenvalue weighted by molar-refractivity contribution is 0.268. The number of sulfonamides is 1. The molecule has 0 amide bonds. The van der Waals surface area contributed by atoms with Gasteiger partial charge in [-0.2, -0.15) is 4.31 Å². The maximum absolute atomic E-state index is 12.7. The van der Waals surface area contributed by atoms with Gasteiger partial charge in [-0.3, -0.25) is 0 Å². The van der Waals surface area contributed by atoms with Crippen LogP contribution in [0.15, 0.2) is 26.0 Å². The molecule has 1 heterocycles. The van der Waals surface area contributed by atoms with Gasteiger partial charge in [0.2, 0.25) is 10.0 Å². The first-order valence-corrected chi connectivity index (χ1v) is 9.13. The summed E-state index contributed by atoms with van der Waals surface area (Å²) in [6, 6.07) is 3.18. The van der Waals surface area contributed by atoms with Crippen molar-refractivity contribution < 1.29 is 8.42 Å². The van der Waals surface area contributed by atoms with Gasteiger partial charge in [-0.05, 0) is 63.8 Å². The van der Waals surface area contributed by atoms with Crippen LogP contribution < -0.4 is 5.73 Å². The van der Waals surface area contributed by atoms with Crippen molar-refractivity contribution in [3.8, 4) is 0 Å². The van der Waals surface area contributed by atoms with Crippen molar-refractivity contribution in [3.05, 3.63) is 21.1 Å². The molecule has 1 aliphatic rings. The first-order chi connectivity index (χ1) is 8.84. The number of piperidine rings is 1. The van der Waals surface area contributed by atoms with Crippen LogP contribution in [-0.2, 0) is 10.0 Å². The molecular weight excluding hydrogens is 396 g/mol. The van der Waals surface area contributed by atoms with Crippen molar-refractivity contribution in [2.45, 2.75) is 37.1 Å². The smallest absolute Gasteiger partial charge is 0.243 e. The van der Waals surface area contributed by atoms with Crippen LogP contribution in [0.1, 0.15) is 26.2 Å². The Labute approximate surface area is 130 Å². The molecule has 0 aliphatic carbocycles. The summed E-state index contributed by atoms with van der Waals surface area (Å²) in [5.41, 5.74) is 6.30. The van der Waals surface area contributed by atoms with Gasteiger partial charge in [0.25, 0.3) is 0 Å². The van der Waals surface area contributed by atoms with E-state index in [1.54, 1.807) is 16.4 Å². The minimum atomic E-state index is -3.46. The predicted octanol–water partition coefficient (Wildman–Crippen LogP) is 3.36. The first-order valence-electron chi connectivity index (χ1n) is 6.10. The van der Waals surface area contributed by atoms with Crippen LogP contribution in [0, 0.1) is 0 Å². The highest BCUT2D eigenvalue weighted by Crippen LogP contribution is 2.33. The summed E-state index contributed by atoms with van der Waals surface area (Å²) in [5.74, 6) is 0. The Hall–Kier alpha value is -0.110. The van der Waals surface area contributed by atoms with Crippen molar-refractivity contribution in [2.75, 3.05) is 12.3 Å². The lowest BCUT2D eigenvalue weighted by atomic mass is 10.1. The third kappa shape index (κ3) is 2.99. The van der Waals surface area contributed by atoms with Crippen molar-refractivity contribution in [1.29, 1.82) is 0 Å². The molecule has 2 N–H and O–H groups in total. The molecule has 0 aromatic heterocycles. The van der Waals surface area contributed by atoms with Crippen LogP contribution in [-0.4, -0.2) is 25.3 Å². The number of hydrogen-bond donors (Lipinski definition) is 1. The van der Waals surface area contributed by atoms with Crippen molar-refractivity contribution in [2.24, 2.45) is 0 Å². The molecule has 0 spiro atoms. The normalized spacial score (nSPS) is 21.5. The molecule has 0 bridgehead atoms. The van der Waals surface area contributed by atoms with Crippen LogP contribution >= 0.6 is 31.9 Å². The molecule has 0 saturated carbocycles. The Morgan fingerprint density at radius 1 is 1.26 bits per heavy atom. The van der Waals surface area contributed by atoms with Crippen LogP contribution in [0.2, 0.25) is 0 Å². The molecule has 1 atom stereocenters. The van der Waals surface area contributed by atoms with E-state index in [0.29, 0.717) is 21.2 Å². The highest BCUT2D eigenvalue weighted by Gasteiger charge is 2.31. The number of anilines is 1. The molecule has 1 saturated heterocycles. The molecule has 19 heavy (non-hydrogen) atoms. The summed E-state index contributed by atoms with van der Waals surface area (Å²) in [7, 11) is -3.46. The average molecular weight is 412 g/mol. The third-order valence-corrected chi connectivity index (χ3v) is 6.70. The van der Waals surface area contributed by atoms with Crippen molar-refractivity contribution >= 4 is 47.6 Å². The van der Waals surface area contributed by atoms with E-state index >= 15 is 0 Å². The predicted molar refractivity (Wildman–Crippen MR) is 83.5 cm³/mol. The molecule has 7 heteroatoms. The molecule has 1 fully saturated rings. The fraction of sp³-hybridized carbons (Fsp3) is 0.500. The van der Waals surface area contributed by atoms with E-state index in [0.717, 1.165) is 19.3 Å². The Balaban J connectivity index is 2.44. The molecule has 2 rings (SSSR count). The maximum atomic E-state index is 12.7. The summed E-state index contributed by atoms with van der Waals surface area (Å²) in [4.78, 5) is 0.272. The van der Waals surface area contributed by atoms with Gasteiger partial charge in [0, 0.05) is 21.5 Å². The fourth-order valence-electron chi connectivity index (χ4n) is 2.27. The summed E-state index contributed by atoms with van der Waals surface area (Å²) < 4.78 is 28.1. The molecule has 0 unspecified atom stereocenters. The molecule has 4 nitrogen and oxygen atoms in total. The lowest BCUT2D eigenvalue weighted by Gasteiger charge is -2.32. The Morgan fingerprint density at radius 2 is 1.84 bits per heavy atom. The van der Waals surface area contributed by atoms with Crippen molar-refractivity contribution in [1.82, 2.24) is 4.31 Å². The number of nitrogens with zero attached hydrogens (tertiary/aromatic N) is 1. The molecule has 1 aromatic carbocycles. The number of benzene rings is 1. The number of nitrogens with two attached hydrogens (primary N) is 1. The van der Waals surface area contributed by atoms with Crippen molar-refractivity contribution in [3.63, 3.8) is 0 Å². The van der Waals surface area contributed by atoms with Crippen LogP contribution in [0.4, 0.5) is 5.69 Å². The van der Waals surface area contributed by atoms with Gasteiger partial charge in [0.15, 0.2) is 0 Å². The molecule has 106 valence electrons. The fourth-order valence-corrected chi connectivity index (χ4v) is 5.52. The summed E-state index contributed by atoms with van der Waals surface area (Å²) in [6.07, 6.45) is 2.92. The number of hydrogen-bond acceptors (Lipinski definition) is 3. The van der Waals surface area contributed by atoms with Gasteiger partial charge >= 0.3 is 0 Å². The minimum absolute atomic E-state index is 0.0499. The van der Waals surface area contributed by atoms with E-state index in [-0.39, 0.29) is 10.9 Å². The molecule has 1 aliphatic heterocycles. The van der Waals surface area contributed by atoms with Gasteiger partial charge in [0.1, 0.15) is 0 Å². The van der Waals surface area contributed by atoms with Gasteiger partial charge in [-0.25, -0.2) is 8.42 Å². The lowest BCUT2D eigenvalue weighted by Crippen LogP contribution is -2.41. The maximum Gasteiger partial charge on any atom is 0.243 e. The Kier molecular flexibility index (Phi) is 4.59. The first kappa shape index (κ1) is 15.3. The second-order valence-corrected chi connectivity index (χ2v) is 8.36. The van der Waals surface area contributed by atoms with Crippen LogP contribution in [0.25, 0.3) is 0 Å². The minimum Gasteiger partial charge on any atom is -0.397 e. The summed E-state index contributed by atoms with van der Waals surface area (Å²) in [5, 5.41) is 0. The highest BCUT2D eigenvalue weighted by atomic mass is 79.9.